The van der Waals surface area contributed by atoms with Crippen molar-refractivity contribution in [1.29, 1.82) is 5.26 Å². The molecule has 1 saturated heterocycles. The largest absolute Gasteiger partial charge is 0.356 e. The molecule has 1 aliphatic rings. The van der Waals surface area contributed by atoms with Gasteiger partial charge in [0.1, 0.15) is 17.5 Å². The molecule has 0 radical (unpaired) electrons. The predicted molar refractivity (Wildman–Crippen MR) is 133 cm³/mol. The number of aryl methyl sites for hydroxylation is 1. The summed E-state index contributed by atoms with van der Waals surface area (Å²) in [7, 11) is 0. The fourth-order valence-corrected chi connectivity index (χ4v) is 4.38. The van der Waals surface area contributed by atoms with Gasteiger partial charge in [-0.25, -0.2) is 4.68 Å². The van der Waals surface area contributed by atoms with Gasteiger partial charge in [-0.15, -0.1) is 0 Å². The summed E-state index contributed by atoms with van der Waals surface area (Å²) in [6.45, 7) is 3.68. The van der Waals surface area contributed by atoms with Crippen molar-refractivity contribution in [3.8, 4) is 11.8 Å². The third-order valence-electron chi connectivity index (χ3n) is 5.57. The summed E-state index contributed by atoms with van der Waals surface area (Å²) in [5.74, 6) is 0.349. The van der Waals surface area contributed by atoms with E-state index in [0.29, 0.717) is 15.7 Å². The second-order valence-electron chi connectivity index (χ2n) is 7.87. The maximum absolute atomic E-state index is 12.9. The predicted octanol–water partition coefficient (Wildman–Crippen LogP) is 6.02. The number of benzene rings is 2. The van der Waals surface area contributed by atoms with Crippen LogP contribution in [0.3, 0.4) is 0 Å². The highest BCUT2D eigenvalue weighted by Gasteiger charge is 2.24. The summed E-state index contributed by atoms with van der Waals surface area (Å²) >= 11 is 12.1. The first-order chi connectivity index (χ1) is 16.0. The number of aromatic nitrogens is 2. The normalized spacial score (nSPS) is 14.1. The molecule has 4 rings (SSSR count). The van der Waals surface area contributed by atoms with E-state index >= 15 is 0 Å². The molecule has 6 nitrogen and oxygen atoms in total. The number of para-hydroxylation sites is 1. The molecular formula is C25H23Cl2N5O. The average molecular weight is 480 g/mol. The quantitative estimate of drug-likeness (QED) is 0.358. The number of nitrogens with zero attached hydrogens (tertiary/aromatic N) is 4. The van der Waals surface area contributed by atoms with Crippen molar-refractivity contribution in [2.45, 2.75) is 26.2 Å². The van der Waals surface area contributed by atoms with E-state index in [1.165, 1.54) is 12.5 Å². The van der Waals surface area contributed by atoms with E-state index in [1.807, 2.05) is 48.0 Å². The van der Waals surface area contributed by atoms with Crippen molar-refractivity contribution in [2.24, 2.45) is 0 Å². The highest BCUT2D eigenvalue weighted by atomic mass is 35.5. The molecule has 0 unspecified atom stereocenters. The number of piperidine rings is 1. The van der Waals surface area contributed by atoms with Crippen LogP contribution in [0.15, 0.2) is 54.1 Å². The van der Waals surface area contributed by atoms with Crippen molar-refractivity contribution < 1.29 is 4.79 Å². The standard InChI is InChI=1S/C25H23Cl2N5O/c1-17-21(14-18(16-28)24(33)29-23-11-10-19(26)15-22(23)27)25(31-12-6-3-7-13-31)32(30-17)20-8-4-2-5-9-20/h2,4-5,8-11,14-15H,3,6-7,12-13H2,1H3,(H,29,33). The zero-order chi connectivity index (χ0) is 23.4. The van der Waals surface area contributed by atoms with Gasteiger partial charge in [0, 0.05) is 23.7 Å². The third-order valence-corrected chi connectivity index (χ3v) is 6.12. The topological polar surface area (TPSA) is 74.0 Å². The molecule has 3 aromatic rings. The van der Waals surface area contributed by atoms with Gasteiger partial charge in [0.25, 0.3) is 5.91 Å². The summed E-state index contributed by atoms with van der Waals surface area (Å²) in [5.41, 5.74) is 2.78. The van der Waals surface area contributed by atoms with Crippen LogP contribution in [0.1, 0.15) is 30.5 Å². The zero-order valence-corrected chi connectivity index (χ0v) is 19.7. The summed E-state index contributed by atoms with van der Waals surface area (Å²) in [5, 5.41) is 18.0. The highest BCUT2D eigenvalue weighted by molar-refractivity contribution is 6.36. The Bertz CT molecular complexity index is 1240. The molecule has 1 aromatic heterocycles. The Labute approximate surface area is 203 Å². The van der Waals surface area contributed by atoms with Crippen LogP contribution >= 0.6 is 23.2 Å². The molecule has 33 heavy (non-hydrogen) atoms. The van der Waals surface area contributed by atoms with Gasteiger partial charge in [0.15, 0.2) is 0 Å². The van der Waals surface area contributed by atoms with Crippen LogP contribution < -0.4 is 10.2 Å². The van der Waals surface area contributed by atoms with Gasteiger partial charge in [-0.1, -0.05) is 41.4 Å². The molecule has 0 spiro atoms. The van der Waals surface area contributed by atoms with Crippen molar-refractivity contribution in [3.05, 3.63) is 75.4 Å². The minimum absolute atomic E-state index is 0.0324. The number of halogens is 2. The van der Waals surface area contributed by atoms with Gasteiger partial charge in [-0.2, -0.15) is 10.4 Å². The van der Waals surface area contributed by atoms with E-state index in [-0.39, 0.29) is 5.57 Å². The number of carbonyl (C=O) groups is 1. The Morgan fingerprint density at radius 2 is 1.85 bits per heavy atom. The summed E-state index contributed by atoms with van der Waals surface area (Å²) in [6.07, 6.45) is 4.98. The molecule has 2 heterocycles. The molecule has 1 fully saturated rings. The molecule has 168 valence electrons. The summed E-state index contributed by atoms with van der Waals surface area (Å²) in [6, 6.07) is 16.7. The molecular weight excluding hydrogens is 457 g/mol. The highest BCUT2D eigenvalue weighted by Crippen LogP contribution is 2.32. The maximum atomic E-state index is 12.9. The minimum Gasteiger partial charge on any atom is -0.356 e. The monoisotopic (exact) mass is 479 g/mol. The summed E-state index contributed by atoms with van der Waals surface area (Å²) < 4.78 is 1.90. The lowest BCUT2D eigenvalue weighted by Crippen LogP contribution is -2.31. The number of nitriles is 1. The fraction of sp³-hybridized carbons (Fsp3) is 0.240. The number of anilines is 2. The summed E-state index contributed by atoms with van der Waals surface area (Å²) in [4.78, 5) is 15.2. The van der Waals surface area contributed by atoms with Crippen LogP contribution in [-0.4, -0.2) is 28.8 Å². The first-order valence-corrected chi connectivity index (χ1v) is 11.5. The van der Waals surface area contributed by atoms with E-state index in [0.717, 1.165) is 48.7 Å². The number of rotatable bonds is 5. The molecule has 2 aromatic carbocycles. The van der Waals surface area contributed by atoms with E-state index < -0.39 is 5.91 Å². The smallest absolute Gasteiger partial charge is 0.266 e. The van der Waals surface area contributed by atoms with Crippen molar-refractivity contribution in [2.75, 3.05) is 23.3 Å². The number of nitrogens with one attached hydrogen (secondary N) is 1. The molecule has 0 aliphatic carbocycles. The second-order valence-corrected chi connectivity index (χ2v) is 8.71. The van der Waals surface area contributed by atoms with Crippen molar-refractivity contribution in [1.82, 2.24) is 9.78 Å². The minimum atomic E-state index is -0.543. The van der Waals surface area contributed by atoms with Gasteiger partial charge < -0.3 is 10.2 Å². The van der Waals surface area contributed by atoms with Gasteiger partial charge in [0.05, 0.1) is 22.1 Å². The molecule has 1 N–H and O–H groups in total. The Balaban J connectivity index is 1.75. The molecule has 0 atom stereocenters. The Morgan fingerprint density at radius 3 is 2.52 bits per heavy atom. The number of amides is 1. The lowest BCUT2D eigenvalue weighted by molar-refractivity contribution is -0.112. The number of hydrogen-bond acceptors (Lipinski definition) is 4. The molecule has 1 aliphatic heterocycles. The second kappa shape index (κ2) is 10.1. The van der Waals surface area contributed by atoms with E-state index in [9.17, 15) is 10.1 Å². The van der Waals surface area contributed by atoms with Gasteiger partial charge >= 0.3 is 0 Å². The average Bonchev–Trinajstić information content (AvgIpc) is 3.16. The molecule has 1 amide bonds. The van der Waals surface area contributed by atoms with Crippen LogP contribution in [0.5, 0.6) is 0 Å². The van der Waals surface area contributed by atoms with Crippen molar-refractivity contribution >= 4 is 46.7 Å². The lowest BCUT2D eigenvalue weighted by atomic mass is 10.1. The van der Waals surface area contributed by atoms with Crippen LogP contribution in [0.2, 0.25) is 10.0 Å². The van der Waals surface area contributed by atoms with Crippen LogP contribution in [-0.2, 0) is 4.79 Å². The third kappa shape index (κ3) is 5.05. The van der Waals surface area contributed by atoms with E-state index in [1.54, 1.807) is 18.2 Å². The van der Waals surface area contributed by atoms with Gasteiger partial charge in [-0.3, -0.25) is 4.79 Å². The SMILES string of the molecule is Cc1nn(-c2ccccc2)c(N2CCCCC2)c1C=C(C#N)C(=O)Nc1ccc(Cl)cc1Cl. The number of carbonyl (C=O) groups excluding carboxylic acids is 1. The van der Waals surface area contributed by atoms with Crippen LogP contribution in [0, 0.1) is 18.3 Å². The zero-order valence-electron chi connectivity index (χ0n) is 18.2. The Kier molecular flexibility index (Phi) is 7.02. The first kappa shape index (κ1) is 22.9. The first-order valence-electron chi connectivity index (χ1n) is 10.8. The van der Waals surface area contributed by atoms with E-state index in [2.05, 4.69) is 10.2 Å². The lowest BCUT2D eigenvalue weighted by Gasteiger charge is -2.29. The fourth-order valence-electron chi connectivity index (χ4n) is 3.93. The molecule has 0 saturated carbocycles. The van der Waals surface area contributed by atoms with Gasteiger partial charge in [0.2, 0.25) is 0 Å². The van der Waals surface area contributed by atoms with E-state index in [4.69, 9.17) is 28.3 Å². The molecule has 8 heteroatoms. The molecule has 0 bridgehead atoms. The van der Waals surface area contributed by atoms with Crippen molar-refractivity contribution in [3.63, 3.8) is 0 Å². The van der Waals surface area contributed by atoms with Crippen LogP contribution in [0.4, 0.5) is 11.5 Å². The van der Waals surface area contributed by atoms with Crippen LogP contribution in [0.25, 0.3) is 11.8 Å². The van der Waals surface area contributed by atoms with Gasteiger partial charge in [-0.05, 0) is 62.6 Å². The Morgan fingerprint density at radius 1 is 1.12 bits per heavy atom. The Hall–Kier alpha value is -3.27. The number of hydrogen-bond donors (Lipinski definition) is 1. The maximum Gasteiger partial charge on any atom is 0.266 e.